The number of aryl methyl sites for hydroxylation is 1. The predicted molar refractivity (Wildman–Crippen MR) is 147 cm³/mol. The van der Waals surface area contributed by atoms with E-state index in [1.807, 2.05) is 61.0 Å². The average molecular weight is 528 g/mol. The molecule has 9 nitrogen and oxygen atoms in total. The fourth-order valence-corrected chi connectivity index (χ4v) is 6.27. The highest BCUT2D eigenvalue weighted by Crippen LogP contribution is 2.50. The highest BCUT2D eigenvalue weighted by atomic mass is 16.5. The molecule has 0 radical (unpaired) electrons. The molecule has 2 aliphatic rings. The molecule has 1 fully saturated rings. The minimum atomic E-state index is -1.14. The Morgan fingerprint density at radius 3 is 2.74 bits per heavy atom. The van der Waals surface area contributed by atoms with Crippen molar-refractivity contribution >= 4 is 22.7 Å². The van der Waals surface area contributed by atoms with Crippen LogP contribution in [0.2, 0.25) is 0 Å². The fraction of sp³-hybridized carbons (Fsp3) is 0.367. The summed E-state index contributed by atoms with van der Waals surface area (Å²) in [7, 11) is 1.63. The lowest BCUT2D eigenvalue weighted by Crippen LogP contribution is -2.67. The summed E-state index contributed by atoms with van der Waals surface area (Å²) in [6, 6.07) is 13.9. The smallest absolute Gasteiger partial charge is 0.254 e. The Morgan fingerprint density at radius 2 is 1.97 bits per heavy atom. The Labute approximate surface area is 227 Å². The topological polar surface area (TPSA) is 92.7 Å². The van der Waals surface area contributed by atoms with Gasteiger partial charge < -0.3 is 28.8 Å². The summed E-state index contributed by atoms with van der Waals surface area (Å²) >= 11 is 0. The number of amides is 2. The van der Waals surface area contributed by atoms with Crippen molar-refractivity contribution in [3.05, 3.63) is 78.0 Å². The van der Waals surface area contributed by atoms with Crippen molar-refractivity contribution in [3.8, 4) is 11.5 Å². The van der Waals surface area contributed by atoms with Crippen LogP contribution < -0.4 is 9.47 Å². The molecule has 0 bridgehead atoms. The molecular formula is C30H33N5O4. The molecule has 4 aromatic rings. The van der Waals surface area contributed by atoms with Gasteiger partial charge in [-0.2, -0.15) is 0 Å². The Balaban J connectivity index is 1.45. The molecule has 1 unspecified atom stereocenters. The molecule has 0 spiro atoms. The average Bonchev–Trinajstić information content (AvgIpc) is 3.61. The van der Waals surface area contributed by atoms with Crippen molar-refractivity contribution in [2.24, 2.45) is 0 Å². The van der Waals surface area contributed by atoms with E-state index >= 15 is 0 Å². The zero-order valence-electron chi connectivity index (χ0n) is 22.5. The predicted octanol–water partition coefficient (Wildman–Crippen LogP) is 3.89. The zero-order chi connectivity index (χ0) is 27.1. The molecule has 2 aromatic carbocycles. The number of hydrogen-bond acceptors (Lipinski definition) is 5. The van der Waals surface area contributed by atoms with Gasteiger partial charge in [0.2, 0.25) is 5.91 Å². The fourth-order valence-electron chi connectivity index (χ4n) is 6.27. The van der Waals surface area contributed by atoms with Gasteiger partial charge in [-0.3, -0.25) is 9.59 Å². The number of para-hydroxylation sites is 2. The van der Waals surface area contributed by atoms with E-state index in [-0.39, 0.29) is 24.3 Å². The molecule has 0 aliphatic carbocycles. The number of H-pyrrole nitrogens is 1. The van der Waals surface area contributed by atoms with Crippen molar-refractivity contribution in [2.75, 3.05) is 33.4 Å². The monoisotopic (exact) mass is 527 g/mol. The van der Waals surface area contributed by atoms with E-state index in [0.29, 0.717) is 31.2 Å². The van der Waals surface area contributed by atoms with E-state index in [9.17, 15) is 9.59 Å². The molecule has 2 aromatic heterocycles. The van der Waals surface area contributed by atoms with E-state index in [1.165, 1.54) is 0 Å². The summed E-state index contributed by atoms with van der Waals surface area (Å²) in [6.45, 7) is 5.97. The van der Waals surface area contributed by atoms with E-state index < -0.39 is 5.54 Å². The number of ether oxygens (including phenoxy) is 2. The van der Waals surface area contributed by atoms with Crippen LogP contribution in [0.4, 0.5) is 0 Å². The van der Waals surface area contributed by atoms with Crippen molar-refractivity contribution in [3.63, 3.8) is 0 Å². The van der Waals surface area contributed by atoms with Gasteiger partial charge >= 0.3 is 0 Å². The molecule has 2 atom stereocenters. The maximum absolute atomic E-state index is 14.2. The number of carbonyl (C=O) groups excluding carboxylic acids is 2. The first-order valence-corrected chi connectivity index (χ1v) is 13.4. The summed E-state index contributed by atoms with van der Waals surface area (Å²) in [5.74, 6) is 0.994. The summed E-state index contributed by atoms with van der Waals surface area (Å²) < 4.78 is 13.7. The van der Waals surface area contributed by atoms with Gasteiger partial charge in [0, 0.05) is 54.4 Å². The van der Waals surface area contributed by atoms with Crippen molar-refractivity contribution in [1.29, 1.82) is 0 Å². The number of hydrogen-bond donors (Lipinski definition) is 1. The molecule has 1 saturated heterocycles. The van der Waals surface area contributed by atoms with Gasteiger partial charge in [-0.05, 0) is 38.0 Å². The summed E-state index contributed by atoms with van der Waals surface area (Å²) in [5, 5.41) is 1.04. The number of benzene rings is 2. The van der Waals surface area contributed by atoms with Gasteiger partial charge in [0.25, 0.3) is 5.91 Å². The number of fused-ring (bicyclic) bond motifs is 5. The first-order chi connectivity index (χ1) is 19.0. The number of carbonyl (C=O) groups is 2. The highest BCUT2D eigenvalue weighted by molar-refractivity contribution is 6.01. The first-order valence-electron chi connectivity index (χ1n) is 13.4. The van der Waals surface area contributed by atoms with Crippen LogP contribution >= 0.6 is 0 Å². The van der Waals surface area contributed by atoms with Crippen LogP contribution in [0.15, 0.2) is 61.2 Å². The third-order valence-corrected chi connectivity index (χ3v) is 8.11. The maximum Gasteiger partial charge on any atom is 0.254 e. The summed E-state index contributed by atoms with van der Waals surface area (Å²) in [4.78, 5) is 39.1. The van der Waals surface area contributed by atoms with Crippen LogP contribution in [0.1, 0.15) is 43.0 Å². The largest absolute Gasteiger partial charge is 0.493 e. The van der Waals surface area contributed by atoms with Crippen molar-refractivity contribution < 1.29 is 19.1 Å². The van der Waals surface area contributed by atoms with Crippen LogP contribution in [0, 0.1) is 0 Å². The SMILES string of the molecule is CCOc1c(OC)cccc1C1CN2C(=O)CN(CCCn3ccnc3)C(=O)[C@]2(C)c2[nH]c3ccccc3c21. The Morgan fingerprint density at radius 1 is 1.13 bits per heavy atom. The summed E-state index contributed by atoms with van der Waals surface area (Å²) in [5.41, 5.74) is 2.53. The van der Waals surface area contributed by atoms with Crippen molar-refractivity contribution in [1.82, 2.24) is 24.3 Å². The lowest BCUT2D eigenvalue weighted by Gasteiger charge is -2.51. The first kappa shape index (κ1) is 25.0. The standard InChI is InChI=1S/C30H33N5O4/c1-4-39-27-20(10-7-12-24(27)38-3)22-17-35-25(36)18-34(15-8-14-33-16-13-31-19-33)29(37)30(35,2)28-26(22)21-9-5-6-11-23(21)32-28/h5-7,9-13,16,19,22,32H,4,8,14-15,17-18H2,1-3H3/t22?,30-/m0/s1. The van der Waals surface area contributed by atoms with Crippen LogP contribution in [0.3, 0.4) is 0 Å². The quantitative estimate of drug-likeness (QED) is 0.375. The van der Waals surface area contributed by atoms with Gasteiger partial charge in [0.05, 0.1) is 32.3 Å². The number of imidazole rings is 1. The second-order valence-corrected chi connectivity index (χ2v) is 10.3. The molecule has 6 rings (SSSR count). The lowest BCUT2D eigenvalue weighted by atomic mass is 9.76. The Kier molecular flexibility index (Phi) is 6.29. The maximum atomic E-state index is 14.2. The second kappa shape index (κ2) is 9.80. The van der Waals surface area contributed by atoms with Gasteiger partial charge in [0.15, 0.2) is 17.0 Å². The van der Waals surface area contributed by atoms with Crippen LogP contribution in [0.25, 0.3) is 10.9 Å². The number of aromatic nitrogens is 3. The molecule has 1 N–H and O–H groups in total. The van der Waals surface area contributed by atoms with Gasteiger partial charge in [-0.15, -0.1) is 0 Å². The molecule has 9 heteroatoms. The van der Waals surface area contributed by atoms with Crippen LogP contribution in [-0.4, -0.2) is 69.5 Å². The van der Waals surface area contributed by atoms with Gasteiger partial charge in [-0.1, -0.05) is 30.3 Å². The third kappa shape index (κ3) is 3.95. The van der Waals surface area contributed by atoms with E-state index in [4.69, 9.17) is 9.47 Å². The minimum absolute atomic E-state index is 0.0603. The molecule has 4 heterocycles. The summed E-state index contributed by atoms with van der Waals surface area (Å²) in [6.07, 6.45) is 6.14. The number of nitrogens with zero attached hydrogens (tertiary/aromatic N) is 4. The van der Waals surface area contributed by atoms with E-state index in [0.717, 1.165) is 40.7 Å². The molecule has 2 aliphatic heterocycles. The Hall–Kier alpha value is -4.27. The number of nitrogens with one attached hydrogen (secondary N) is 1. The molecule has 202 valence electrons. The molecule has 2 amide bonds. The van der Waals surface area contributed by atoms with E-state index in [2.05, 4.69) is 16.0 Å². The van der Waals surface area contributed by atoms with E-state index in [1.54, 1.807) is 29.4 Å². The third-order valence-electron chi connectivity index (χ3n) is 8.11. The lowest BCUT2D eigenvalue weighted by molar-refractivity contribution is -0.166. The zero-order valence-corrected chi connectivity index (χ0v) is 22.5. The number of aromatic amines is 1. The molecular weight excluding hydrogens is 494 g/mol. The number of methoxy groups -OCH3 is 1. The number of rotatable bonds is 8. The van der Waals surface area contributed by atoms with Gasteiger partial charge in [0.1, 0.15) is 0 Å². The highest BCUT2D eigenvalue weighted by Gasteiger charge is 2.56. The Bertz CT molecular complexity index is 1530. The molecule has 0 saturated carbocycles. The second-order valence-electron chi connectivity index (χ2n) is 10.3. The number of piperazine rings is 1. The van der Waals surface area contributed by atoms with Crippen LogP contribution in [-0.2, 0) is 21.7 Å². The minimum Gasteiger partial charge on any atom is -0.493 e. The van der Waals surface area contributed by atoms with Crippen LogP contribution in [0.5, 0.6) is 11.5 Å². The molecule has 39 heavy (non-hydrogen) atoms. The van der Waals surface area contributed by atoms with Gasteiger partial charge in [-0.25, -0.2) is 4.98 Å². The van der Waals surface area contributed by atoms with Crippen molar-refractivity contribution in [2.45, 2.75) is 38.3 Å². The normalized spacial score (nSPS) is 20.7.